The summed E-state index contributed by atoms with van der Waals surface area (Å²) in [5.41, 5.74) is 1.86. The first-order valence-corrected chi connectivity index (χ1v) is 9.44. The highest BCUT2D eigenvalue weighted by Crippen LogP contribution is 2.32. The fraction of sp³-hybridized carbons (Fsp3) is 0.389. The number of nitrogens with zero attached hydrogens (tertiary/aromatic N) is 4. The van der Waals surface area contributed by atoms with E-state index >= 15 is 0 Å². The molecule has 1 fully saturated rings. The third kappa shape index (κ3) is 3.98. The number of methoxy groups -OCH3 is 1. The number of hydrogen-bond donors (Lipinski definition) is 0. The first-order valence-electron chi connectivity index (χ1n) is 8.24. The molecule has 6 nitrogen and oxygen atoms in total. The second-order valence-corrected chi connectivity index (χ2v) is 7.53. The first kappa shape index (κ1) is 18.6. The minimum atomic E-state index is -0.453. The molecule has 0 unspecified atom stereocenters. The molecule has 0 aliphatic carbocycles. The van der Waals surface area contributed by atoms with E-state index in [-0.39, 0.29) is 11.2 Å². The predicted molar refractivity (Wildman–Crippen MR) is 102 cm³/mol. The van der Waals surface area contributed by atoms with Crippen LogP contribution in [0.15, 0.2) is 24.3 Å². The van der Waals surface area contributed by atoms with E-state index in [4.69, 9.17) is 21.6 Å². The fourth-order valence-electron chi connectivity index (χ4n) is 3.04. The number of nitriles is 1. The lowest BCUT2D eigenvalue weighted by molar-refractivity contribution is 0.0606. The number of anilines is 1. The van der Waals surface area contributed by atoms with Crippen LogP contribution in [-0.2, 0) is 11.3 Å². The average molecular weight is 391 g/mol. The summed E-state index contributed by atoms with van der Waals surface area (Å²) in [6.45, 7) is 5.55. The Bertz CT molecular complexity index is 831. The van der Waals surface area contributed by atoms with Crippen LogP contribution in [0.1, 0.15) is 27.7 Å². The van der Waals surface area contributed by atoms with Gasteiger partial charge in [-0.3, -0.25) is 4.90 Å². The maximum absolute atomic E-state index is 11.7. The van der Waals surface area contributed by atoms with Crippen LogP contribution in [0.3, 0.4) is 0 Å². The zero-order valence-electron chi connectivity index (χ0n) is 14.6. The SMILES string of the molecule is COC(=O)c1sc(N2CCN(Cc3ccc(C#N)cc3)C[C@H]2C)nc1Cl. The van der Waals surface area contributed by atoms with Gasteiger partial charge in [0.1, 0.15) is 0 Å². The number of aromatic nitrogens is 1. The number of carbonyl (C=O) groups is 1. The number of ether oxygens (including phenoxy) is 1. The second kappa shape index (κ2) is 8.04. The summed E-state index contributed by atoms with van der Waals surface area (Å²) in [6, 6.07) is 10.1. The first-order chi connectivity index (χ1) is 12.5. The third-order valence-electron chi connectivity index (χ3n) is 4.39. The van der Waals surface area contributed by atoms with E-state index in [2.05, 4.69) is 27.8 Å². The molecule has 26 heavy (non-hydrogen) atoms. The van der Waals surface area contributed by atoms with Crippen LogP contribution in [0.4, 0.5) is 5.13 Å². The Labute approximate surface area is 161 Å². The van der Waals surface area contributed by atoms with Crippen molar-refractivity contribution < 1.29 is 9.53 Å². The number of esters is 1. The molecule has 1 aliphatic heterocycles. The van der Waals surface area contributed by atoms with Crippen LogP contribution in [-0.4, -0.2) is 48.6 Å². The molecule has 3 rings (SSSR count). The highest BCUT2D eigenvalue weighted by atomic mass is 35.5. The minimum Gasteiger partial charge on any atom is -0.465 e. The van der Waals surface area contributed by atoms with Crippen LogP contribution in [0.2, 0.25) is 5.15 Å². The summed E-state index contributed by atoms with van der Waals surface area (Å²) in [4.78, 5) is 21.0. The van der Waals surface area contributed by atoms with Gasteiger partial charge in [0.25, 0.3) is 0 Å². The molecule has 0 bridgehead atoms. The summed E-state index contributed by atoms with van der Waals surface area (Å²) in [5.74, 6) is -0.453. The van der Waals surface area contributed by atoms with Gasteiger partial charge < -0.3 is 9.64 Å². The van der Waals surface area contributed by atoms with Gasteiger partial charge in [0.05, 0.1) is 18.7 Å². The maximum Gasteiger partial charge on any atom is 0.351 e. The largest absolute Gasteiger partial charge is 0.465 e. The quantitative estimate of drug-likeness (QED) is 0.747. The Morgan fingerprint density at radius 2 is 2.15 bits per heavy atom. The smallest absolute Gasteiger partial charge is 0.351 e. The molecule has 136 valence electrons. The summed E-state index contributed by atoms with van der Waals surface area (Å²) in [5, 5.41) is 9.83. The van der Waals surface area contributed by atoms with Crippen molar-refractivity contribution in [2.24, 2.45) is 0 Å². The number of halogens is 1. The van der Waals surface area contributed by atoms with Crippen molar-refractivity contribution in [3.05, 3.63) is 45.4 Å². The lowest BCUT2D eigenvalue weighted by Gasteiger charge is -2.39. The van der Waals surface area contributed by atoms with E-state index in [1.54, 1.807) is 0 Å². The van der Waals surface area contributed by atoms with E-state index in [0.717, 1.165) is 31.3 Å². The van der Waals surface area contributed by atoms with Gasteiger partial charge in [-0.1, -0.05) is 35.1 Å². The standard InChI is InChI=1S/C18H19ClN4O2S/c1-12-10-22(11-14-5-3-13(9-20)4-6-14)7-8-23(12)18-21-16(19)15(26-18)17(24)25-2/h3-6,12H,7-8,10-11H2,1-2H3/t12-/m1/s1. The van der Waals surface area contributed by atoms with Gasteiger partial charge in [0.2, 0.25) is 0 Å². The number of piperazine rings is 1. The van der Waals surface area contributed by atoms with E-state index in [0.29, 0.717) is 10.4 Å². The molecule has 2 heterocycles. The Hall–Kier alpha value is -2.14. The molecule has 2 aromatic rings. The predicted octanol–water partition coefficient (Wildman–Crippen LogP) is 3.17. The van der Waals surface area contributed by atoms with Gasteiger partial charge in [-0.15, -0.1) is 0 Å². The number of rotatable bonds is 4. The molecular weight excluding hydrogens is 372 g/mol. The zero-order valence-corrected chi connectivity index (χ0v) is 16.2. The summed E-state index contributed by atoms with van der Waals surface area (Å²) >= 11 is 7.36. The monoisotopic (exact) mass is 390 g/mol. The highest BCUT2D eigenvalue weighted by molar-refractivity contribution is 7.18. The van der Waals surface area contributed by atoms with E-state index < -0.39 is 5.97 Å². The topological polar surface area (TPSA) is 69.5 Å². The number of carbonyl (C=O) groups excluding carboxylic acids is 1. The van der Waals surface area contributed by atoms with Crippen molar-refractivity contribution in [1.82, 2.24) is 9.88 Å². The molecule has 1 aromatic heterocycles. The van der Waals surface area contributed by atoms with E-state index in [1.807, 2.05) is 24.3 Å². The van der Waals surface area contributed by atoms with Crippen LogP contribution in [0.25, 0.3) is 0 Å². The number of hydrogen-bond acceptors (Lipinski definition) is 7. The minimum absolute atomic E-state index is 0.198. The summed E-state index contributed by atoms with van der Waals surface area (Å²) in [7, 11) is 1.34. The number of benzene rings is 1. The summed E-state index contributed by atoms with van der Waals surface area (Å²) in [6.07, 6.45) is 0. The maximum atomic E-state index is 11.7. The molecule has 1 atom stereocenters. The molecule has 0 spiro atoms. The van der Waals surface area contributed by atoms with Crippen molar-refractivity contribution in [1.29, 1.82) is 5.26 Å². The molecule has 1 aliphatic rings. The van der Waals surface area contributed by atoms with Gasteiger partial charge in [-0.25, -0.2) is 9.78 Å². The molecule has 1 aromatic carbocycles. The van der Waals surface area contributed by atoms with Crippen LogP contribution in [0.5, 0.6) is 0 Å². The van der Waals surface area contributed by atoms with Gasteiger partial charge in [0.15, 0.2) is 15.2 Å². The zero-order chi connectivity index (χ0) is 18.7. The average Bonchev–Trinajstić information content (AvgIpc) is 3.03. The van der Waals surface area contributed by atoms with E-state index in [9.17, 15) is 4.79 Å². The van der Waals surface area contributed by atoms with Gasteiger partial charge in [0, 0.05) is 32.2 Å². The van der Waals surface area contributed by atoms with Gasteiger partial charge in [-0.05, 0) is 24.6 Å². The van der Waals surface area contributed by atoms with Crippen LogP contribution >= 0.6 is 22.9 Å². The molecule has 0 radical (unpaired) electrons. The van der Waals surface area contributed by atoms with Gasteiger partial charge in [-0.2, -0.15) is 5.26 Å². The molecular formula is C18H19ClN4O2S. The molecule has 0 amide bonds. The van der Waals surface area contributed by atoms with E-state index in [1.165, 1.54) is 24.0 Å². The Balaban J connectivity index is 1.65. The van der Waals surface area contributed by atoms with Gasteiger partial charge >= 0.3 is 5.97 Å². The van der Waals surface area contributed by atoms with Crippen molar-refractivity contribution in [2.45, 2.75) is 19.5 Å². The lowest BCUT2D eigenvalue weighted by Crippen LogP contribution is -2.51. The lowest BCUT2D eigenvalue weighted by atomic mass is 10.1. The molecule has 0 saturated carbocycles. The van der Waals surface area contributed by atoms with Crippen LogP contribution < -0.4 is 4.90 Å². The van der Waals surface area contributed by atoms with Crippen molar-refractivity contribution in [3.63, 3.8) is 0 Å². The molecule has 1 saturated heterocycles. The van der Waals surface area contributed by atoms with Crippen molar-refractivity contribution in [3.8, 4) is 6.07 Å². The molecule has 8 heteroatoms. The highest BCUT2D eigenvalue weighted by Gasteiger charge is 2.28. The summed E-state index contributed by atoms with van der Waals surface area (Å²) < 4.78 is 4.74. The second-order valence-electron chi connectivity index (χ2n) is 6.19. The van der Waals surface area contributed by atoms with Crippen molar-refractivity contribution >= 4 is 34.0 Å². The van der Waals surface area contributed by atoms with Crippen LogP contribution in [0, 0.1) is 11.3 Å². The number of thiazole rings is 1. The molecule has 0 N–H and O–H groups in total. The Morgan fingerprint density at radius 1 is 1.42 bits per heavy atom. The fourth-order valence-corrected chi connectivity index (χ4v) is 4.36. The Kier molecular flexibility index (Phi) is 5.77. The third-order valence-corrected chi connectivity index (χ3v) is 5.85. The normalized spacial score (nSPS) is 17.8. The van der Waals surface area contributed by atoms with Crippen molar-refractivity contribution in [2.75, 3.05) is 31.6 Å². The Morgan fingerprint density at radius 3 is 2.77 bits per heavy atom.